The molecule has 4 rings (SSSR count). The fraction of sp³-hybridized carbons (Fsp3) is 0.0952. The Morgan fingerprint density at radius 3 is 2.21 bits per heavy atom. The lowest BCUT2D eigenvalue weighted by molar-refractivity contribution is 0.141. The number of carbonyl (C=O) groups is 1. The average molecular weight is 392 g/mol. The van der Waals surface area contributed by atoms with Gasteiger partial charge in [-0.25, -0.2) is 9.59 Å². The zero-order valence-corrected chi connectivity index (χ0v) is 15.6. The molecule has 0 N–H and O–H groups in total. The Balaban J connectivity index is 1.75. The lowest BCUT2D eigenvalue weighted by Gasteiger charge is -2.11. The third-order valence-corrected chi connectivity index (χ3v) is 5.21. The summed E-state index contributed by atoms with van der Waals surface area (Å²) in [6.45, 7) is 0.118. The van der Waals surface area contributed by atoms with Crippen LogP contribution in [-0.4, -0.2) is 15.2 Å². The molecule has 0 bridgehead atoms. The normalized spacial score (nSPS) is 10.9. The molecule has 0 aliphatic heterocycles. The molecule has 6 nitrogen and oxygen atoms in total. The van der Waals surface area contributed by atoms with E-state index in [0.717, 1.165) is 31.6 Å². The first-order valence-corrected chi connectivity index (χ1v) is 9.51. The molecule has 0 saturated carbocycles. The van der Waals surface area contributed by atoms with Gasteiger partial charge in [0.1, 0.15) is 11.4 Å². The highest BCUT2D eigenvalue weighted by molar-refractivity contribution is 7.16. The first kappa shape index (κ1) is 17.9. The van der Waals surface area contributed by atoms with Crippen LogP contribution in [0.5, 0.6) is 0 Å². The molecule has 28 heavy (non-hydrogen) atoms. The van der Waals surface area contributed by atoms with Crippen LogP contribution in [0, 0.1) is 0 Å². The van der Waals surface area contributed by atoms with Crippen molar-refractivity contribution in [2.75, 3.05) is 0 Å². The van der Waals surface area contributed by atoms with E-state index in [4.69, 9.17) is 4.74 Å². The maximum atomic E-state index is 13.0. The molecule has 140 valence electrons. The van der Waals surface area contributed by atoms with Crippen LogP contribution in [0.3, 0.4) is 0 Å². The zero-order valence-electron chi connectivity index (χ0n) is 14.8. The predicted octanol–water partition coefficient (Wildman–Crippen LogP) is 3.46. The third kappa shape index (κ3) is 3.39. The number of aromatic nitrogens is 2. The van der Waals surface area contributed by atoms with E-state index in [2.05, 4.69) is 0 Å². The topological polar surface area (TPSA) is 70.3 Å². The van der Waals surface area contributed by atoms with E-state index in [1.54, 1.807) is 11.4 Å². The number of hydrogen-bond acceptors (Lipinski definition) is 5. The van der Waals surface area contributed by atoms with Crippen LogP contribution in [-0.2, 0) is 17.9 Å². The van der Waals surface area contributed by atoms with Crippen molar-refractivity contribution in [3.8, 4) is 0 Å². The van der Waals surface area contributed by atoms with Gasteiger partial charge >= 0.3 is 11.8 Å². The number of benzene rings is 2. The molecule has 0 aliphatic rings. The first-order valence-electron chi connectivity index (χ1n) is 8.63. The number of ether oxygens (including phenoxy) is 1. The summed E-state index contributed by atoms with van der Waals surface area (Å²) in [4.78, 5) is 38.8. The lowest BCUT2D eigenvalue weighted by Crippen LogP contribution is -2.42. The minimum Gasteiger partial charge on any atom is -0.444 e. The summed E-state index contributed by atoms with van der Waals surface area (Å²) in [5, 5.41) is 2.00. The molecule has 2 aromatic carbocycles. The number of rotatable bonds is 4. The van der Waals surface area contributed by atoms with Gasteiger partial charge in [-0.15, -0.1) is 11.3 Å². The number of carbonyl (C=O) groups excluding carboxylic acids is 1. The van der Waals surface area contributed by atoms with Gasteiger partial charge < -0.3 is 4.74 Å². The van der Waals surface area contributed by atoms with Gasteiger partial charge in [0.2, 0.25) is 0 Å². The van der Waals surface area contributed by atoms with Crippen LogP contribution in [0.1, 0.15) is 11.1 Å². The van der Waals surface area contributed by atoms with E-state index in [0.29, 0.717) is 5.39 Å². The van der Waals surface area contributed by atoms with Crippen molar-refractivity contribution in [2.45, 2.75) is 13.2 Å². The Hall–Kier alpha value is -3.45. The SMILES string of the molecule is O=C(OCc1ccccc1)n1c(=O)n(Cc2ccccc2)c(=O)c2ccsc21. The van der Waals surface area contributed by atoms with Gasteiger partial charge in [-0.1, -0.05) is 60.7 Å². The Bertz CT molecular complexity index is 1240. The van der Waals surface area contributed by atoms with E-state index in [9.17, 15) is 14.4 Å². The average Bonchev–Trinajstić information content (AvgIpc) is 3.21. The first-order chi connectivity index (χ1) is 13.6. The van der Waals surface area contributed by atoms with Crippen LogP contribution in [0.2, 0.25) is 0 Å². The van der Waals surface area contributed by atoms with E-state index in [1.165, 1.54) is 0 Å². The number of fused-ring (bicyclic) bond motifs is 1. The van der Waals surface area contributed by atoms with Crippen molar-refractivity contribution in [1.29, 1.82) is 0 Å². The molecule has 0 fully saturated rings. The molecule has 2 heterocycles. The molecule has 0 amide bonds. The third-order valence-electron chi connectivity index (χ3n) is 4.32. The zero-order chi connectivity index (χ0) is 19.5. The van der Waals surface area contributed by atoms with Gasteiger partial charge in [0, 0.05) is 0 Å². The van der Waals surface area contributed by atoms with Crippen molar-refractivity contribution in [1.82, 2.24) is 9.13 Å². The fourth-order valence-corrected chi connectivity index (χ4v) is 3.80. The summed E-state index contributed by atoms with van der Waals surface area (Å²) in [7, 11) is 0. The van der Waals surface area contributed by atoms with Crippen molar-refractivity contribution in [3.05, 3.63) is 104 Å². The summed E-state index contributed by atoms with van der Waals surface area (Å²) in [5.74, 6) is 0. The lowest BCUT2D eigenvalue weighted by atomic mass is 10.2. The Labute approximate surface area is 163 Å². The maximum Gasteiger partial charge on any atom is 0.423 e. The monoisotopic (exact) mass is 392 g/mol. The number of hydrogen-bond donors (Lipinski definition) is 0. The molecule has 2 aromatic heterocycles. The van der Waals surface area contributed by atoms with Gasteiger partial charge in [0.15, 0.2) is 0 Å². The summed E-state index contributed by atoms with van der Waals surface area (Å²) in [6, 6.07) is 20.0. The van der Waals surface area contributed by atoms with Crippen molar-refractivity contribution < 1.29 is 9.53 Å². The maximum absolute atomic E-state index is 13.0. The summed E-state index contributed by atoms with van der Waals surface area (Å²) < 4.78 is 7.33. The minimum absolute atomic E-state index is 0.0385. The Morgan fingerprint density at radius 2 is 1.54 bits per heavy atom. The molecule has 0 spiro atoms. The Kier molecular flexibility index (Phi) is 4.90. The minimum atomic E-state index is -0.803. The van der Waals surface area contributed by atoms with Crippen LogP contribution < -0.4 is 11.2 Å². The predicted molar refractivity (Wildman–Crippen MR) is 108 cm³/mol. The van der Waals surface area contributed by atoms with Gasteiger partial charge in [-0.05, 0) is 22.6 Å². The van der Waals surface area contributed by atoms with Crippen LogP contribution >= 0.6 is 11.3 Å². The van der Waals surface area contributed by atoms with Crippen molar-refractivity contribution in [2.24, 2.45) is 0 Å². The van der Waals surface area contributed by atoms with Crippen LogP contribution in [0.4, 0.5) is 4.79 Å². The quantitative estimate of drug-likeness (QED) is 0.533. The molecule has 0 atom stereocenters. The molecule has 0 aliphatic carbocycles. The van der Waals surface area contributed by atoms with Gasteiger partial charge in [-0.3, -0.25) is 9.36 Å². The van der Waals surface area contributed by atoms with Gasteiger partial charge in [0.05, 0.1) is 11.9 Å². The second-order valence-electron chi connectivity index (χ2n) is 6.17. The molecule has 4 aromatic rings. The standard InChI is InChI=1S/C21H16N2O4S/c24-18-17-11-12-28-19(17)23(21(26)27-14-16-9-5-2-6-10-16)20(25)22(18)13-15-7-3-1-4-8-15/h1-12H,13-14H2. The molecule has 0 unspecified atom stereocenters. The van der Waals surface area contributed by atoms with Gasteiger partial charge in [-0.2, -0.15) is 4.57 Å². The highest BCUT2D eigenvalue weighted by atomic mass is 32.1. The molecular formula is C21H16N2O4S. The van der Waals surface area contributed by atoms with Crippen LogP contribution in [0.15, 0.2) is 81.7 Å². The van der Waals surface area contributed by atoms with Crippen molar-refractivity contribution in [3.63, 3.8) is 0 Å². The number of nitrogens with zero attached hydrogens (tertiary/aromatic N) is 2. The van der Waals surface area contributed by atoms with E-state index >= 15 is 0 Å². The molecular weight excluding hydrogens is 376 g/mol. The summed E-state index contributed by atoms with van der Waals surface area (Å²) in [6.07, 6.45) is -0.803. The van der Waals surface area contributed by atoms with Gasteiger partial charge in [0.25, 0.3) is 5.56 Å². The molecule has 0 radical (unpaired) electrons. The molecule has 0 saturated heterocycles. The second-order valence-corrected chi connectivity index (χ2v) is 7.07. The largest absolute Gasteiger partial charge is 0.444 e. The summed E-state index contributed by atoms with van der Waals surface area (Å²) in [5.41, 5.74) is 0.475. The smallest absolute Gasteiger partial charge is 0.423 e. The van der Waals surface area contributed by atoms with E-state index in [1.807, 2.05) is 60.7 Å². The van der Waals surface area contributed by atoms with Crippen molar-refractivity contribution >= 4 is 27.6 Å². The molecule has 7 heteroatoms. The van der Waals surface area contributed by atoms with E-state index < -0.39 is 17.3 Å². The summed E-state index contributed by atoms with van der Waals surface area (Å²) >= 11 is 1.16. The highest BCUT2D eigenvalue weighted by Crippen LogP contribution is 2.16. The number of thiophene rings is 1. The Morgan fingerprint density at radius 1 is 0.893 bits per heavy atom. The highest BCUT2D eigenvalue weighted by Gasteiger charge is 2.20. The van der Waals surface area contributed by atoms with E-state index in [-0.39, 0.29) is 18.0 Å². The van der Waals surface area contributed by atoms with Crippen LogP contribution in [0.25, 0.3) is 10.2 Å². The second kappa shape index (κ2) is 7.66. The fourth-order valence-electron chi connectivity index (χ4n) is 2.93.